The van der Waals surface area contributed by atoms with Crippen molar-refractivity contribution in [3.8, 4) is 62.2 Å². The van der Waals surface area contributed by atoms with E-state index >= 15 is 0 Å². The van der Waals surface area contributed by atoms with Crippen LogP contribution in [0.1, 0.15) is 18.3 Å². The SMILES string of the molecule is C=C/C=C\C=C(/C)c1nc(-c2ccccc2)nc(-c2ccc(-c3c(-c4ccc(-c5ccc(C#N)cc5)c5ccccc45)ccc4ccccc34)cc2)n1. The molecule has 8 aromatic rings. The van der Waals surface area contributed by atoms with Gasteiger partial charge in [-0.2, -0.15) is 5.26 Å². The third-order valence-electron chi connectivity index (χ3n) is 9.51. The molecule has 53 heavy (non-hydrogen) atoms. The van der Waals surface area contributed by atoms with Gasteiger partial charge in [0.05, 0.1) is 11.6 Å². The normalized spacial score (nSPS) is 11.6. The van der Waals surface area contributed by atoms with Gasteiger partial charge in [-0.3, -0.25) is 0 Å². The Balaban J connectivity index is 1.26. The Kier molecular flexibility index (Phi) is 9.05. The molecule has 0 saturated carbocycles. The van der Waals surface area contributed by atoms with Gasteiger partial charge < -0.3 is 0 Å². The lowest BCUT2D eigenvalue weighted by Gasteiger charge is -2.18. The van der Waals surface area contributed by atoms with Crippen LogP contribution in [0.4, 0.5) is 0 Å². The molecule has 0 unspecified atom stereocenters. The van der Waals surface area contributed by atoms with Gasteiger partial charge in [0.2, 0.25) is 0 Å². The Morgan fingerprint density at radius 2 is 1.09 bits per heavy atom. The first-order valence-corrected chi connectivity index (χ1v) is 17.5. The van der Waals surface area contributed by atoms with Crippen LogP contribution in [-0.4, -0.2) is 15.0 Å². The highest BCUT2D eigenvalue weighted by molar-refractivity contribution is 6.11. The molecular formula is C49H34N4. The summed E-state index contributed by atoms with van der Waals surface area (Å²) in [6.45, 7) is 5.78. The summed E-state index contributed by atoms with van der Waals surface area (Å²) in [6.07, 6.45) is 7.56. The molecule has 1 aromatic heterocycles. The zero-order valence-corrected chi connectivity index (χ0v) is 29.2. The van der Waals surface area contributed by atoms with E-state index in [9.17, 15) is 5.26 Å². The first kappa shape index (κ1) is 33.0. The van der Waals surface area contributed by atoms with Crippen LogP contribution in [0, 0.1) is 11.3 Å². The fourth-order valence-corrected chi connectivity index (χ4v) is 6.85. The van der Waals surface area contributed by atoms with Crippen molar-refractivity contribution in [1.29, 1.82) is 5.26 Å². The van der Waals surface area contributed by atoms with Crippen LogP contribution in [0.25, 0.3) is 83.3 Å². The molecule has 0 aliphatic carbocycles. The number of rotatable bonds is 8. The number of nitrogens with zero attached hydrogens (tertiary/aromatic N) is 4. The van der Waals surface area contributed by atoms with E-state index < -0.39 is 0 Å². The summed E-state index contributed by atoms with van der Waals surface area (Å²) in [5.74, 6) is 1.87. The minimum absolute atomic E-state index is 0.614. The van der Waals surface area contributed by atoms with Crippen LogP contribution in [-0.2, 0) is 0 Å². The fourth-order valence-electron chi connectivity index (χ4n) is 6.85. The Hall–Kier alpha value is -7.22. The van der Waals surface area contributed by atoms with Gasteiger partial charge in [0.15, 0.2) is 17.5 Å². The third-order valence-corrected chi connectivity index (χ3v) is 9.51. The molecular weight excluding hydrogens is 645 g/mol. The molecule has 0 radical (unpaired) electrons. The molecule has 8 rings (SSSR count). The van der Waals surface area contributed by atoms with Gasteiger partial charge in [-0.15, -0.1) is 0 Å². The minimum Gasteiger partial charge on any atom is -0.209 e. The van der Waals surface area contributed by atoms with Crippen molar-refractivity contribution in [2.75, 3.05) is 0 Å². The molecule has 0 atom stereocenters. The molecule has 7 aromatic carbocycles. The van der Waals surface area contributed by atoms with Crippen LogP contribution in [0.3, 0.4) is 0 Å². The monoisotopic (exact) mass is 678 g/mol. The highest BCUT2D eigenvalue weighted by Crippen LogP contribution is 2.43. The first-order chi connectivity index (χ1) is 26.1. The predicted octanol–water partition coefficient (Wildman–Crippen LogP) is 12.5. The van der Waals surface area contributed by atoms with Gasteiger partial charge in [-0.1, -0.05) is 170 Å². The van der Waals surface area contributed by atoms with Gasteiger partial charge in [0, 0.05) is 11.1 Å². The van der Waals surface area contributed by atoms with Gasteiger partial charge >= 0.3 is 0 Å². The minimum atomic E-state index is 0.614. The predicted molar refractivity (Wildman–Crippen MR) is 220 cm³/mol. The topological polar surface area (TPSA) is 62.5 Å². The van der Waals surface area contributed by atoms with Crippen molar-refractivity contribution < 1.29 is 0 Å². The summed E-state index contributed by atoms with van der Waals surface area (Å²) >= 11 is 0. The summed E-state index contributed by atoms with van der Waals surface area (Å²) in [4.78, 5) is 14.7. The van der Waals surface area contributed by atoms with Gasteiger partial charge in [-0.05, 0) is 79.6 Å². The maximum atomic E-state index is 9.35. The molecule has 1 heterocycles. The van der Waals surface area contributed by atoms with Crippen LogP contribution >= 0.6 is 0 Å². The summed E-state index contributed by atoms with van der Waals surface area (Å²) in [7, 11) is 0. The average Bonchev–Trinajstić information content (AvgIpc) is 3.23. The van der Waals surface area contributed by atoms with E-state index in [1.165, 1.54) is 21.7 Å². The highest BCUT2D eigenvalue weighted by atomic mass is 15.0. The molecule has 4 heteroatoms. The van der Waals surface area contributed by atoms with Crippen molar-refractivity contribution in [3.05, 3.63) is 194 Å². The summed E-state index contributed by atoms with van der Waals surface area (Å²) < 4.78 is 0. The van der Waals surface area contributed by atoms with Crippen molar-refractivity contribution in [3.63, 3.8) is 0 Å². The fraction of sp³-hybridized carbons (Fsp3) is 0.0204. The number of aromatic nitrogens is 3. The lowest BCUT2D eigenvalue weighted by atomic mass is 9.86. The standard InChI is InChI=1S/C49H34N4/c1-3-4-6-13-33(2)47-51-48(38-15-7-5-8-16-38)53-49(52-47)39-26-24-37(25-27-39)46-41-17-10-9-14-35(41)28-29-45(46)44-31-30-40(42-18-11-12-19-43(42)44)36-22-20-34(32-50)21-23-36/h3-31H,1H2,2H3/b6-4-,33-13+. The molecule has 4 nitrogen and oxygen atoms in total. The van der Waals surface area contributed by atoms with E-state index in [4.69, 9.17) is 15.0 Å². The second-order valence-electron chi connectivity index (χ2n) is 12.8. The third kappa shape index (κ3) is 6.56. The number of nitriles is 1. The quantitative estimate of drug-likeness (QED) is 0.150. The summed E-state index contributed by atoms with van der Waals surface area (Å²) in [6, 6.07) is 54.6. The Bertz CT molecular complexity index is 2730. The van der Waals surface area contributed by atoms with Crippen LogP contribution in [0.15, 0.2) is 183 Å². The van der Waals surface area contributed by atoms with Gasteiger partial charge in [-0.25, -0.2) is 15.0 Å². The summed E-state index contributed by atoms with van der Waals surface area (Å²) in [5.41, 5.74) is 10.2. The molecule has 0 N–H and O–H groups in total. The van der Waals surface area contributed by atoms with E-state index in [1.807, 2.05) is 79.7 Å². The Morgan fingerprint density at radius 3 is 1.79 bits per heavy atom. The average molecular weight is 679 g/mol. The van der Waals surface area contributed by atoms with Crippen LogP contribution < -0.4 is 0 Å². The number of hydrogen-bond acceptors (Lipinski definition) is 4. The Labute approximate surface area is 309 Å². The van der Waals surface area contributed by atoms with E-state index in [2.05, 4.69) is 110 Å². The molecule has 0 amide bonds. The maximum absolute atomic E-state index is 9.35. The molecule has 0 aliphatic heterocycles. The highest BCUT2D eigenvalue weighted by Gasteiger charge is 2.17. The van der Waals surface area contributed by atoms with Crippen molar-refractivity contribution in [1.82, 2.24) is 15.0 Å². The smallest absolute Gasteiger partial charge is 0.164 e. The second-order valence-corrected chi connectivity index (χ2v) is 12.8. The molecule has 0 bridgehead atoms. The second kappa shape index (κ2) is 14.6. The molecule has 0 saturated heterocycles. The van der Waals surface area contributed by atoms with E-state index in [0.717, 1.165) is 49.9 Å². The number of fused-ring (bicyclic) bond motifs is 2. The molecule has 0 spiro atoms. The van der Waals surface area contributed by atoms with Gasteiger partial charge in [0.1, 0.15) is 0 Å². The summed E-state index contributed by atoms with van der Waals surface area (Å²) in [5, 5.41) is 14.0. The largest absolute Gasteiger partial charge is 0.209 e. The van der Waals surface area contributed by atoms with E-state index in [-0.39, 0.29) is 0 Å². The van der Waals surface area contributed by atoms with Crippen molar-refractivity contribution in [2.45, 2.75) is 6.92 Å². The van der Waals surface area contributed by atoms with Gasteiger partial charge in [0.25, 0.3) is 0 Å². The zero-order chi connectivity index (χ0) is 36.1. The van der Waals surface area contributed by atoms with Crippen molar-refractivity contribution in [2.24, 2.45) is 0 Å². The Morgan fingerprint density at radius 1 is 0.528 bits per heavy atom. The lowest BCUT2D eigenvalue weighted by molar-refractivity contribution is 1.03. The lowest BCUT2D eigenvalue weighted by Crippen LogP contribution is -2.02. The van der Waals surface area contributed by atoms with E-state index in [0.29, 0.717) is 23.0 Å². The molecule has 250 valence electrons. The number of allylic oxidation sites excluding steroid dienone is 5. The molecule has 0 fully saturated rings. The van der Waals surface area contributed by atoms with Crippen LogP contribution in [0.2, 0.25) is 0 Å². The number of benzene rings is 7. The van der Waals surface area contributed by atoms with Crippen molar-refractivity contribution >= 4 is 27.1 Å². The first-order valence-electron chi connectivity index (χ1n) is 17.5. The maximum Gasteiger partial charge on any atom is 0.164 e. The van der Waals surface area contributed by atoms with E-state index in [1.54, 1.807) is 6.08 Å². The van der Waals surface area contributed by atoms with Crippen LogP contribution in [0.5, 0.6) is 0 Å². The zero-order valence-electron chi connectivity index (χ0n) is 29.2. The number of hydrogen-bond donors (Lipinski definition) is 0. The molecule has 0 aliphatic rings.